The van der Waals surface area contributed by atoms with Gasteiger partial charge in [-0.1, -0.05) is 33.8 Å². The molecule has 2 nitrogen and oxygen atoms in total. The third-order valence-electron chi connectivity index (χ3n) is 4.94. The molecule has 1 aromatic rings. The number of nitrogens with zero attached hydrogens (tertiary/aromatic N) is 1. The highest BCUT2D eigenvalue weighted by Gasteiger charge is 2.64. The van der Waals surface area contributed by atoms with Crippen LogP contribution in [0.3, 0.4) is 0 Å². The molecule has 0 aliphatic heterocycles. The molecule has 1 aliphatic rings. The van der Waals surface area contributed by atoms with Crippen molar-refractivity contribution < 1.29 is 0 Å². The molecule has 0 unspecified atom stereocenters. The Hall–Kier alpha value is -1.01. The quantitative estimate of drug-likeness (QED) is 0.897. The number of hydrogen-bond acceptors (Lipinski definition) is 2. The second-order valence-corrected chi connectivity index (χ2v) is 7.01. The van der Waals surface area contributed by atoms with Crippen LogP contribution >= 0.6 is 15.9 Å². The molecule has 1 aromatic carbocycles. The predicted molar refractivity (Wildman–Crippen MR) is 78.4 cm³/mol. The topological polar surface area (TPSA) is 35.8 Å². The first-order chi connectivity index (χ1) is 8.32. The molecular formula is C15H19BrN2. The number of nitriles is 1. The molecule has 1 N–H and O–H groups in total. The van der Waals surface area contributed by atoms with E-state index in [4.69, 9.17) is 5.26 Å². The minimum absolute atomic E-state index is 0.374. The highest BCUT2D eigenvalue weighted by atomic mass is 79.9. The van der Waals surface area contributed by atoms with Gasteiger partial charge in [0, 0.05) is 11.0 Å². The molecular weight excluding hydrogens is 288 g/mol. The average molecular weight is 307 g/mol. The molecule has 3 heteroatoms. The monoisotopic (exact) mass is 306 g/mol. The summed E-state index contributed by atoms with van der Waals surface area (Å²) in [5.74, 6) is 0.649. The first-order valence-corrected chi connectivity index (χ1v) is 7.04. The standard InChI is InChI=1S/C15H19BrN2/c1-14(2)13(15(14,3)4)9-18-12-7-5-6-11(16)10(12)8-17/h5-7,13,18H,9H2,1-4H3. The van der Waals surface area contributed by atoms with E-state index in [0.717, 1.165) is 16.7 Å². The van der Waals surface area contributed by atoms with Crippen molar-refractivity contribution in [1.82, 2.24) is 0 Å². The minimum atomic E-state index is 0.374. The van der Waals surface area contributed by atoms with Gasteiger partial charge >= 0.3 is 0 Å². The van der Waals surface area contributed by atoms with Crippen molar-refractivity contribution >= 4 is 21.6 Å². The average Bonchev–Trinajstić information content (AvgIpc) is 2.67. The van der Waals surface area contributed by atoms with E-state index in [1.54, 1.807) is 0 Å². The van der Waals surface area contributed by atoms with E-state index in [1.165, 1.54) is 0 Å². The number of benzene rings is 1. The Morgan fingerprint density at radius 2 is 1.89 bits per heavy atom. The molecule has 0 bridgehead atoms. The number of halogens is 1. The number of rotatable bonds is 3. The SMILES string of the molecule is CC1(C)C(CNc2cccc(Br)c2C#N)C1(C)C. The maximum Gasteiger partial charge on any atom is 0.103 e. The second kappa shape index (κ2) is 4.28. The van der Waals surface area contributed by atoms with Crippen LogP contribution in [0.5, 0.6) is 0 Å². The zero-order valence-electron chi connectivity index (χ0n) is 11.3. The molecule has 18 heavy (non-hydrogen) atoms. The highest BCUT2D eigenvalue weighted by molar-refractivity contribution is 9.10. The molecule has 0 atom stereocenters. The normalized spacial score (nSPS) is 20.2. The lowest BCUT2D eigenvalue weighted by molar-refractivity contribution is 0.457. The first kappa shape index (κ1) is 13.4. The van der Waals surface area contributed by atoms with Crippen molar-refractivity contribution in [3.63, 3.8) is 0 Å². The Morgan fingerprint density at radius 3 is 2.39 bits per heavy atom. The van der Waals surface area contributed by atoms with E-state index in [1.807, 2.05) is 18.2 Å². The minimum Gasteiger partial charge on any atom is -0.384 e. The fourth-order valence-electron chi connectivity index (χ4n) is 2.84. The van der Waals surface area contributed by atoms with Gasteiger partial charge in [-0.3, -0.25) is 0 Å². The van der Waals surface area contributed by atoms with Crippen LogP contribution in [0.1, 0.15) is 33.3 Å². The van der Waals surface area contributed by atoms with Gasteiger partial charge in [-0.05, 0) is 44.8 Å². The van der Waals surface area contributed by atoms with Crippen LogP contribution < -0.4 is 5.32 Å². The van der Waals surface area contributed by atoms with E-state index in [-0.39, 0.29) is 0 Å². The highest BCUT2D eigenvalue weighted by Crippen LogP contribution is 2.68. The second-order valence-electron chi connectivity index (χ2n) is 6.15. The third-order valence-corrected chi connectivity index (χ3v) is 5.60. The van der Waals surface area contributed by atoms with Gasteiger partial charge in [0.25, 0.3) is 0 Å². The van der Waals surface area contributed by atoms with Crippen LogP contribution in [0.4, 0.5) is 5.69 Å². The Kier molecular flexibility index (Phi) is 3.19. The van der Waals surface area contributed by atoms with Crippen LogP contribution in [0, 0.1) is 28.1 Å². The molecule has 0 amide bonds. The molecule has 1 aliphatic carbocycles. The lowest BCUT2D eigenvalue weighted by atomic mass is 10.0. The molecule has 0 aromatic heterocycles. The Morgan fingerprint density at radius 1 is 1.28 bits per heavy atom. The zero-order valence-corrected chi connectivity index (χ0v) is 12.9. The van der Waals surface area contributed by atoms with Crippen LogP contribution in [-0.4, -0.2) is 6.54 Å². The summed E-state index contributed by atoms with van der Waals surface area (Å²) in [6.07, 6.45) is 0. The summed E-state index contributed by atoms with van der Waals surface area (Å²) in [4.78, 5) is 0. The van der Waals surface area contributed by atoms with Gasteiger partial charge in [0.1, 0.15) is 6.07 Å². The summed E-state index contributed by atoms with van der Waals surface area (Å²) in [5.41, 5.74) is 2.36. The summed E-state index contributed by atoms with van der Waals surface area (Å²) < 4.78 is 0.851. The molecule has 1 fully saturated rings. The van der Waals surface area contributed by atoms with Gasteiger partial charge in [-0.15, -0.1) is 0 Å². The summed E-state index contributed by atoms with van der Waals surface area (Å²) in [7, 11) is 0. The van der Waals surface area contributed by atoms with Crippen molar-refractivity contribution in [3.8, 4) is 6.07 Å². The molecule has 0 heterocycles. The predicted octanol–water partition coefficient (Wildman–Crippen LogP) is 4.41. The smallest absolute Gasteiger partial charge is 0.103 e. The fourth-order valence-corrected chi connectivity index (χ4v) is 3.30. The van der Waals surface area contributed by atoms with Crippen molar-refractivity contribution in [2.24, 2.45) is 16.7 Å². The molecule has 0 spiro atoms. The van der Waals surface area contributed by atoms with Gasteiger partial charge < -0.3 is 5.32 Å². The van der Waals surface area contributed by atoms with E-state index in [2.05, 4.69) is 55.0 Å². The van der Waals surface area contributed by atoms with Gasteiger partial charge in [0.15, 0.2) is 0 Å². The molecule has 2 rings (SSSR count). The lowest BCUT2D eigenvalue weighted by Gasteiger charge is -2.10. The van der Waals surface area contributed by atoms with Gasteiger partial charge in [-0.2, -0.15) is 5.26 Å². The molecule has 0 radical (unpaired) electrons. The van der Waals surface area contributed by atoms with Crippen LogP contribution in [0.2, 0.25) is 0 Å². The summed E-state index contributed by atoms with van der Waals surface area (Å²) in [6, 6.07) is 8.06. The number of anilines is 1. The molecule has 1 saturated carbocycles. The Bertz CT molecular complexity index is 498. The maximum absolute atomic E-state index is 9.17. The molecule has 96 valence electrons. The molecule has 0 saturated heterocycles. The van der Waals surface area contributed by atoms with Gasteiger partial charge in [0.05, 0.1) is 11.3 Å². The zero-order chi connectivity index (χ0) is 13.6. The fraction of sp³-hybridized carbons (Fsp3) is 0.533. The van der Waals surface area contributed by atoms with E-state index in [9.17, 15) is 0 Å². The maximum atomic E-state index is 9.17. The lowest BCUT2D eigenvalue weighted by Crippen LogP contribution is -2.09. The Labute approximate surface area is 118 Å². The van der Waals surface area contributed by atoms with Crippen LogP contribution in [0.25, 0.3) is 0 Å². The van der Waals surface area contributed by atoms with Crippen molar-refractivity contribution in [3.05, 3.63) is 28.2 Å². The van der Waals surface area contributed by atoms with Gasteiger partial charge in [-0.25, -0.2) is 0 Å². The van der Waals surface area contributed by atoms with Crippen molar-refractivity contribution in [1.29, 1.82) is 5.26 Å². The summed E-state index contributed by atoms with van der Waals surface area (Å²) >= 11 is 3.41. The van der Waals surface area contributed by atoms with Crippen LogP contribution in [0.15, 0.2) is 22.7 Å². The third kappa shape index (κ3) is 1.93. The largest absolute Gasteiger partial charge is 0.384 e. The summed E-state index contributed by atoms with van der Waals surface area (Å²) in [5, 5.41) is 12.6. The van der Waals surface area contributed by atoms with E-state index in [0.29, 0.717) is 22.3 Å². The number of hydrogen-bond donors (Lipinski definition) is 1. The number of nitrogens with one attached hydrogen (secondary N) is 1. The van der Waals surface area contributed by atoms with Crippen molar-refractivity contribution in [2.45, 2.75) is 27.7 Å². The van der Waals surface area contributed by atoms with E-state index < -0.39 is 0 Å². The first-order valence-electron chi connectivity index (χ1n) is 6.25. The Balaban J connectivity index is 2.10. The van der Waals surface area contributed by atoms with Crippen molar-refractivity contribution in [2.75, 3.05) is 11.9 Å². The van der Waals surface area contributed by atoms with E-state index >= 15 is 0 Å². The van der Waals surface area contributed by atoms with Gasteiger partial charge in [0.2, 0.25) is 0 Å². The summed E-state index contributed by atoms with van der Waals surface area (Å²) in [6.45, 7) is 10.2. The van der Waals surface area contributed by atoms with Crippen LogP contribution in [-0.2, 0) is 0 Å².